The maximum Gasteiger partial charge on any atom is 0.262 e. The second kappa shape index (κ2) is 17.4. The van der Waals surface area contributed by atoms with Gasteiger partial charge in [-0.15, -0.1) is 0 Å². The number of rotatable bonds is 13. The Labute approximate surface area is 356 Å². The Balaban J connectivity index is 0.953. The van der Waals surface area contributed by atoms with Crippen LogP contribution in [0.3, 0.4) is 0 Å². The van der Waals surface area contributed by atoms with E-state index in [0.29, 0.717) is 0 Å². The second-order valence-electron chi connectivity index (χ2n) is 14.1. The molecule has 0 fully saturated rings. The lowest BCUT2D eigenvalue weighted by Crippen LogP contribution is -2.36. The van der Waals surface area contributed by atoms with Crippen LogP contribution < -0.4 is 19.3 Å². The van der Waals surface area contributed by atoms with Crippen LogP contribution in [0.5, 0.6) is 0 Å². The first kappa shape index (κ1) is 39.1. The van der Waals surface area contributed by atoms with E-state index < -0.39 is 0 Å². The number of thiazole rings is 1. The van der Waals surface area contributed by atoms with Gasteiger partial charge in [0.05, 0.1) is 16.8 Å². The topological polar surface area (TPSA) is 13.6 Å². The molecule has 1 aliphatic heterocycles. The van der Waals surface area contributed by atoms with Crippen LogP contribution in [0.25, 0.3) is 50.0 Å². The summed E-state index contributed by atoms with van der Waals surface area (Å²) >= 11 is 16.6. The van der Waals surface area contributed by atoms with Gasteiger partial charge in [0.1, 0.15) is 4.70 Å². The molecule has 0 radical (unpaired) electrons. The highest BCUT2D eigenvalue weighted by atomic mass is 35.5. The lowest BCUT2D eigenvalue weighted by molar-refractivity contribution is -0.663. The molecule has 1 aliphatic rings. The maximum absolute atomic E-state index is 6.47. The fraction of sp³-hybridized carbons (Fsp3) is 0.196. The van der Waals surface area contributed by atoms with Crippen molar-refractivity contribution in [3.05, 3.63) is 141 Å². The van der Waals surface area contributed by atoms with Gasteiger partial charge in [-0.1, -0.05) is 141 Å². The maximum atomic E-state index is 6.47. The van der Waals surface area contributed by atoms with Gasteiger partial charge < -0.3 is 14.7 Å². The molecule has 0 bridgehead atoms. The molecule has 8 rings (SSSR count). The van der Waals surface area contributed by atoms with Gasteiger partial charge in [-0.3, -0.25) is 0 Å². The summed E-state index contributed by atoms with van der Waals surface area (Å²) < 4.78 is 3.65. The number of nitrogens with zero attached hydrogens (tertiary/aromatic N) is 4. The Kier molecular flexibility index (Phi) is 12.1. The van der Waals surface area contributed by atoms with Crippen LogP contribution in [0.15, 0.2) is 120 Å². The number of aryl methyl sites for hydroxylation is 1. The molecule has 1 aromatic heterocycles. The molecule has 2 heterocycles. The van der Waals surface area contributed by atoms with E-state index in [2.05, 4.69) is 169 Å². The van der Waals surface area contributed by atoms with Crippen molar-refractivity contribution < 1.29 is 4.57 Å². The summed E-state index contributed by atoms with van der Waals surface area (Å²) in [4.78, 5) is 8.12. The number of halogens is 2. The summed E-state index contributed by atoms with van der Waals surface area (Å²) in [6, 6.07) is 38.8. The smallest absolute Gasteiger partial charge is 0.262 e. The summed E-state index contributed by atoms with van der Waals surface area (Å²) in [5.41, 5.74) is 7.38. The lowest BCUT2D eigenvalue weighted by atomic mass is 10.0. The zero-order chi connectivity index (χ0) is 38.8. The Hall–Kier alpha value is -3.76. The Morgan fingerprint density at radius 1 is 0.679 bits per heavy atom. The number of aromatic nitrogens is 1. The highest BCUT2D eigenvalue weighted by Crippen LogP contribution is 2.46. The SMILES string of the molecule is CN(C)c1ccc(/C=C/c2sc3cc(Cl)ccc3[n+]2CCSSCCN2c3ccc(Cl)cc3SC2/C=C/c2ccc(N(C)C)c3ccccc23)c2ccccc12. The van der Waals surface area contributed by atoms with Crippen LogP contribution in [0.1, 0.15) is 16.1 Å². The van der Waals surface area contributed by atoms with E-state index in [4.69, 9.17) is 23.2 Å². The van der Waals surface area contributed by atoms with Crippen LogP contribution in [0, 0.1) is 0 Å². The lowest BCUT2D eigenvalue weighted by Gasteiger charge is -2.24. The second-order valence-corrected chi connectivity index (χ2v) is 19.9. The van der Waals surface area contributed by atoms with Crippen LogP contribution in [-0.2, 0) is 6.54 Å². The average molecular weight is 851 g/mol. The van der Waals surface area contributed by atoms with E-state index in [1.807, 2.05) is 45.5 Å². The standard InChI is InChI=1S/C46H43Cl2N4S4/c1-49(2)39-19-13-31(35-9-5-7-11-37(35)39)15-23-45-51(41-21-17-33(47)29-43(41)55-45)25-27-53-54-28-26-52-42-22-18-34(48)30-44(42)56-46(52)24-16-32-14-20-40(50(3)4)38-12-8-6-10-36(32)38/h5-24,29-30,45H,25-28H2,1-4H3/q+1/b23-15+. The number of anilines is 3. The molecule has 0 N–H and O–H groups in total. The summed E-state index contributed by atoms with van der Waals surface area (Å²) in [7, 11) is 12.3. The normalized spacial score (nSPS) is 14.2. The van der Waals surface area contributed by atoms with Crippen molar-refractivity contribution in [2.45, 2.75) is 16.8 Å². The van der Waals surface area contributed by atoms with E-state index in [9.17, 15) is 0 Å². The van der Waals surface area contributed by atoms with E-state index >= 15 is 0 Å². The van der Waals surface area contributed by atoms with Crippen LogP contribution in [0.2, 0.25) is 10.0 Å². The third kappa shape index (κ3) is 8.29. The monoisotopic (exact) mass is 849 g/mol. The number of benzene rings is 6. The van der Waals surface area contributed by atoms with Crippen molar-refractivity contribution in [2.24, 2.45) is 0 Å². The highest BCUT2D eigenvalue weighted by molar-refractivity contribution is 8.76. The van der Waals surface area contributed by atoms with Gasteiger partial charge in [-0.25, -0.2) is 0 Å². The van der Waals surface area contributed by atoms with Crippen molar-refractivity contribution in [2.75, 3.05) is 60.9 Å². The molecule has 1 atom stereocenters. The zero-order valence-electron chi connectivity index (χ0n) is 31.8. The fourth-order valence-corrected chi connectivity index (χ4v) is 12.2. The molecule has 7 aromatic rings. The van der Waals surface area contributed by atoms with E-state index in [0.717, 1.165) is 34.6 Å². The quantitative estimate of drug-likeness (QED) is 0.0647. The van der Waals surface area contributed by atoms with Crippen LogP contribution >= 0.6 is 67.9 Å². The molecule has 0 amide bonds. The highest BCUT2D eigenvalue weighted by Gasteiger charge is 2.28. The summed E-state index contributed by atoms with van der Waals surface area (Å²) in [5, 5.41) is 8.00. The zero-order valence-corrected chi connectivity index (χ0v) is 36.6. The van der Waals surface area contributed by atoms with E-state index in [1.54, 1.807) is 11.3 Å². The molecule has 6 aromatic carbocycles. The van der Waals surface area contributed by atoms with Crippen molar-refractivity contribution in [3.8, 4) is 0 Å². The number of fused-ring (bicyclic) bond motifs is 4. The van der Waals surface area contributed by atoms with Gasteiger partial charge in [0.15, 0.2) is 6.54 Å². The molecule has 0 saturated carbocycles. The average Bonchev–Trinajstić information content (AvgIpc) is 3.72. The van der Waals surface area contributed by atoms with Gasteiger partial charge in [0.25, 0.3) is 5.01 Å². The molecular weight excluding hydrogens is 808 g/mol. The molecule has 1 unspecified atom stereocenters. The van der Waals surface area contributed by atoms with Gasteiger partial charge in [0.2, 0.25) is 5.52 Å². The van der Waals surface area contributed by atoms with Crippen molar-refractivity contribution in [1.29, 1.82) is 0 Å². The third-order valence-electron chi connectivity index (χ3n) is 10.1. The van der Waals surface area contributed by atoms with Crippen LogP contribution in [0.4, 0.5) is 17.1 Å². The molecule has 4 nitrogen and oxygen atoms in total. The van der Waals surface area contributed by atoms with E-state index in [-0.39, 0.29) is 5.37 Å². The minimum atomic E-state index is 0.187. The van der Waals surface area contributed by atoms with Gasteiger partial charge in [0, 0.05) is 89.7 Å². The van der Waals surface area contributed by atoms with Crippen molar-refractivity contribution in [1.82, 2.24) is 0 Å². The minimum absolute atomic E-state index is 0.187. The molecule has 0 spiro atoms. The molecule has 0 saturated heterocycles. The van der Waals surface area contributed by atoms with Gasteiger partial charge in [-0.2, -0.15) is 4.57 Å². The van der Waals surface area contributed by atoms with Crippen molar-refractivity contribution >= 4 is 135 Å². The Bertz CT molecular complexity index is 2600. The Morgan fingerprint density at radius 3 is 1.96 bits per heavy atom. The van der Waals surface area contributed by atoms with Gasteiger partial charge in [-0.05, 0) is 70.4 Å². The van der Waals surface area contributed by atoms with Crippen LogP contribution in [-0.4, -0.2) is 51.6 Å². The molecule has 0 aliphatic carbocycles. The first-order valence-electron chi connectivity index (χ1n) is 18.6. The Morgan fingerprint density at radius 2 is 1.29 bits per heavy atom. The molecular formula is C46H43Cl2N4S4+. The summed E-state index contributed by atoms with van der Waals surface area (Å²) in [6.07, 6.45) is 9.18. The summed E-state index contributed by atoms with van der Waals surface area (Å²) in [5.74, 6) is 2.00. The first-order chi connectivity index (χ1) is 27.2. The molecule has 10 heteroatoms. The number of hydrogen-bond donors (Lipinski definition) is 0. The third-order valence-corrected chi connectivity index (χ3v) is 15.2. The fourth-order valence-electron chi connectivity index (χ4n) is 7.39. The minimum Gasteiger partial charge on any atom is -0.377 e. The largest absolute Gasteiger partial charge is 0.377 e. The van der Waals surface area contributed by atoms with Gasteiger partial charge >= 0.3 is 0 Å². The van der Waals surface area contributed by atoms with Crippen molar-refractivity contribution in [3.63, 3.8) is 0 Å². The summed E-state index contributed by atoms with van der Waals surface area (Å²) in [6.45, 7) is 1.85. The first-order valence-corrected chi connectivity index (χ1v) is 23.5. The number of hydrogen-bond acceptors (Lipinski definition) is 7. The van der Waals surface area contributed by atoms with E-state index in [1.165, 1.54) is 69.9 Å². The number of thioether (sulfide) groups is 1. The predicted octanol–water partition coefficient (Wildman–Crippen LogP) is 13.1. The predicted molar refractivity (Wildman–Crippen MR) is 255 cm³/mol. The molecule has 56 heavy (non-hydrogen) atoms. The molecule has 284 valence electrons.